The summed E-state index contributed by atoms with van der Waals surface area (Å²) in [6.45, 7) is 0.926. The van der Waals surface area contributed by atoms with Crippen LogP contribution >= 0.6 is 11.5 Å². The first kappa shape index (κ1) is 12.7. The van der Waals surface area contributed by atoms with Gasteiger partial charge in [-0.2, -0.15) is 0 Å². The van der Waals surface area contributed by atoms with Gasteiger partial charge in [0.2, 0.25) is 0 Å². The molecule has 0 radical (unpaired) electrons. The summed E-state index contributed by atoms with van der Waals surface area (Å²) in [6.07, 6.45) is 9.29. The van der Waals surface area contributed by atoms with Gasteiger partial charge in [-0.1, -0.05) is 10.9 Å². The predicted molar refractivity (Wildman–Crippen MR) is 77.5 cm³/mol. The van der Waals surface area contributed by atoms with E-state index < -0.39 is 0 Å². The average Bonchev–Trinajstić information content (AvgIpc) is 2.92. The zero-order valence-corrected chi connectivity index (χ0v) is 12.5. The van der Waals surface area contributed by atoms with E-state index in [4.69, 9.17) is 0 Å². The summed E-state index contributed by atoms with van der Waals surface area (Å²) in [5.41, 5.74) is 0.537. The van der Waals surface area contributed by atoms with Crippen LogP contribution in [0.3, 0.4) is 0 Å². The van der Waals surface area contributed by atoms with Crippen LogP contribution in [0.1, 0.15) is 55.4 Å². The molecule has 1 aromatic rings. The first-order chi connectivity index (χ1) is 9.81. The second-order valence-electron chi connectivity index (χ2n) is 6.74. The molecule has 2 bridgehead atoms. The SMILES string of the molecule is O=C(c1csnn1)N(CCC1CC2CCC1C2)C1CC1. The zero-order chi connectivity index (χ0) is 13.5. The van der Waals surface area contributed by atoms with Crippen molar-refractivity contribution in [2.24, 2.45) is 17.8 Å². The molecule has 0 aliphatic heterocycles. The highest BCUT2D eigenvalue weighted by Crippen LogP contribution is 2.49. The molecule has 0 aromatic carbocycles. The van der Waals surface area contributed by atoms with Crippen molar-refractivity contribution in [2.45, 2.75) is 51.0 Å². The molecule has 3 atom stereocenters. The van der Waals surface area contributed by atoms with E-state index in [1.54, 1.807) is 5.38 Å². The molecule has 3 saturated carbocycles. The number of hydrogen-bond acceptors (Lipinski definition) is 4. The lowest BCUT2D eigenvalue weighted by Crippen LogP contribution is -2.35. The molecular weight excluding hydrogens is 270 g/mol. The molecule has 4 rings (SSSR count). The van der Waals surface area contributed by atoms with E-state index in [-0.39, 0.29) is 5.91 Å². The first-order valence-electron chi connectivity index (χ1n) is 7.89. The number of rotatable bonds is 5. The van der Waals surface area contributed by atoms with Gasteiger partial charge in [-0.15, -0.1) is 5.10 Å². The second kappa shape index (κ2) is 5.10. The highest BCUT2D eigenvalue weighted by Gasteiger charge is 2.40. The monoisotopic (exact) mass is 291 g/mol. The Morgan fingerprint density at radius 3 is 2.80 bits per heavy atom. The van der Waals surface area contributed by atoms with E-state index in [1.165, 1.54) is 56.5 Å². The van der Waals surface area contributed by atoms with Crippen molar-refractivity contribution >= 4 is 17.4 Å². The molecule has 0 saturated heterocycles. The molecule has 1 heterocycles. The van der Waals surface area contributed by atoms with Crippen molar-refractivity contribution < 1.29 is 4.79 Å². The van der Waals surface area contributed by atoms with Gasteiger partial charge >= 0.3 is 0 Å². The van der Waals surface area contributed by atoms with Crippen LogP contribution in [0.2, 0.25) is 0 Å². The quantitative estimate of drug-likeness (QED) is 0.838. The highest BCUT2D eigenvalue weighted by atomic mass is 32.1. The van der Waals surface area contributed by atoms with Gasteiger partial charge in [-0.25, -0.2) is 0 Å². The minimum absolute atomic E-state index is 0.101. The number of fused-ring (bicyclic) bond motifs is 2. The molecule has 5 heteroatoms. The fourth-order valence-corrected chi connectivity index (χ4v) is 4.71. The van der Waals surface area contributed by atoms with Gasteiger partial charge in [0.1, 0.15) is 0 Å². The Labute approximate surface area is 123 Å². The van der Waals surface area contributed by atoms with E-state index in [0.29, 0.717) is 11.7 Å². The summed E-state index contributed by atoms with van der Waals surface area (Å²) in [5, 5.41) is 5.72. The van der Waals surface area contributed by atoms with E-state index >= 15 is 0 Å². The summed E-state index contributed by atoms with van der Waals surface area (Å²) < 4.78 is 3.82. The van der Waals surface area contributed by atoms with Crippen LogP contribution in [-0.4, -0.2) is 33.0 Å². The largest absolute Gasteiger partial charge is 0.334 e. The molecule has 3 fully saturated rings. The fourth-order valence-electron chi connectivity index (χ4n) is 4.28. The molecular formula is C15H21N3OS. The lowest BCUT2D eigenvalue weighted by atomic mass is 9.86. The van der Waals surface area contributed by atoms with E-state index in [1.807, 2.05) is 0 Å². The maximum Gasteiger partial charge on any atom is 0.275 e. The first-order valence-corrected chi connectivity index (χ1v) is 8.73. The van der Waals surface area contributed by atoms with Crippen LogP contribution in [-0.2, 0) is 0 Å². The molecule has 0 spiro atoms. The summed E-state index contributed by atoms with van der Waals surface area (Å²) >= 11 is 1.26. The Bertz CT molecular complexity index is 485. The number of aromatic nitrogens is 2. The van der Waals surface area contributed by atoms with Gasteiger partial charge in [0.25, 0.3) is 5.91 Å². The van der Waals surface area contributed by atoms with Crippen LogP contribution in [0, 0.1) is 17.8 Å². The van der Waals surface area contributed by atoms with Crippen molar-refractivity contribution in [3.63, 3.8) is 0 Å². The predicted octanol–water partition coefficient (Wildman–Crippen LogP) is 2.97. The Kier molecular flexibility index (Phi) is 3.25. The molecule has 4 nitrogen and oxygen atoms in total. The zero-order valence-electron chi connectivity index (χ0n) is 11.7. The van der Waals surface area contributed by atoms with Crippen LogP contribution in [0.5, 0.6) is 0 Å². The second-order valence-corrected chi connectivity index (χ2v) is 7.35. The van der Waals surface area contributed by atoms with Gasteiger partial charge in [0.15, 0.2) is 5.69 Å². The van der Waals surface area contributed by atoms with Crippen molar-refractivity contribution in [1.29, 1.82) is 0 Å². The third-order valence-electron chi connectivity index (χ3n) is 5.45. The lowest BCUT2D eigenvalue weighted by Gasteiger charge is -2.26. The third kappa shape index (κ3) is 2.36. The van der Waals surface area contributed by atoms with Crippen LogP contribution in [0.4, 0.5) is 0 Å². The molecule has 0 N–H and O–H groups in total. The fraction of sp³-hybridized carbons (Fsp3) is 0.800. The number of nitrogens with zero attached hydrogens (tertiary/aromatic N) is 3. The maximum atomic E-state index is 12.5. The number of amides is 1. The van der Waals surface area contributed by atoms with Crippen molar-refractivity contribution in [3.8, 4) is 0 Å². The minimum Gasteiger partial charge on any atom is -0.334 e. The van der Waals surface area contributed by atoms with Gasteiger partial charge in [-0.05, 0) is 67.8 Å². The molecule has 108 valence electrons. The minimum atomic E-state index is 0.101. The summed E-state index contributed by atoms with van der Waals surface area (Å²) in [6, 6.07) is 0.475. The van der Waals surface area contributed by atoms with Crippen LogP contribution in [0.25, 0.3) is 0 Å². The topological polar surface area (TPSA) is 46.1 Å². The molecule has 20 heavy (non-hydrogen) atoms. The smallest absolute Gasteiger partial charge is 0.275 e. The van der Waals surface area contributed by atoms with Crippen molar-refractivity contribution in [3.05, 3.63) is 11.1 Å². The number of hydrogen-bond donors (Lipinski definition) is 0. The Morgan fingerprint density at radius 1 is 1.30 bits per heavy atom. The summed E-state index contributed by atoms with van der Waals surface area (Å²) in [7, 11) is 0. The molecule has 3 aliphatic rings. The van der Waals surface area contributed by atoms with Gasteiger partial charge < -0.3 is 4.90 Å². The van der Waals surface area contributed by atoms with Gasteiger partial charge in [-0.3, -0.25) is 4.79 Å². The summed E-state index contributed by atoms with van der Waals surface area (Å²) in [4.78, 5) is 14.6. The van der Waals surface area contributed by atoms with Crippen molar-refractivity contribution in [1.82, 2.24) is 14.5 Å². The molecule has 1 amide bonds. The number of carbonyl (C=O) groups is 1. The third-order valence-corrected chi connectivity index (χ3v) is 5.96. The molecule has 3 aliphatic carbocycles. The Hall–Kier alpha value is -0.970. The maximum absolute atomic E-state index is 12.5. The standard InChI is InChI=1S/C15H21N3OS/c19-15(14-9-20-17-16-14)18(13-3-4-13)6-5-12-8-10-1-2-11(12)7-10/h9-13H,1-8H2. The van der Waals surface area contributed by atoms with Crippen LogP contribution < -0.4 is 0 Å². The average molecular weight is 291 g/mol. The van der Waals surface area contributed by atoms with Gasteiger partial charge in [0, 0.05) is 18.0 Å². The van der Waals surface area contributed by atoms with E-state index in [9.17, 15) is 4.79 Å². The van der Waals surface area contributed by atoms with E-state index in [0.717, 1.165) is 24.3 Å². The van der Waals surface area contributed by atoms with Gasteiger partial charge in [0.05, 0.1) is 0 Å². The molecule has 3 unspecified atom stereocenters. The van der Waals surface area contributed by atoms with E-state index in [2.05, 4.69) is 14.5 Å². The van der Waals surface area contributed by atoms with Crippen LogP contribution in [0.15, 0.2) is 5.38 Å². The van der Waals surface area contributed by atoms with Crippen molar-refractivity contribution in [2.75, 3.05) is 6.54 Å². The Balaban J connectivity index is 1.38. The highest BCUT2D eigenvalue weighted by molar-refractivity contribution is 7.03. The number of carbonyl (C=O) groups excluding carboxylic acids is 1. The molecule has 1 aromatic heterocycles. The summed E-state index contributed by atoms with van der Waals surface area (Å²) in [5.74, 6) is 2.93. The Morgan fingerprint density at radius 2 is 2.20 bits per heavy atom. The lowest BCUT2D eigenvalue weighted by molar-refractivity contribution is 0.0720. The normalized spacial score (nSPS) is 31.7.